The lowest BCUT2D eigenvalue weighted by Crippen LogP contribution is -2.48. The van der Waals surface area contributed by atoms with E-state index < -0.39 is 5.60 Å². The molecule has 2 rings (SSSR count). The molecule has 1 heterocycles. The van der Waals surface area contributed by atoms with Gasteiger partial charge in [0.15, 0.2) is 0 Å². The molecule has 3 nitrogen and oxygen atoms in total. The highest BCUT2D eigenvalue weighted by molar-refractivity contribution is 9.10. The van der Waals surface area contributed by atoms with Crippen LogP contribution in [0, 0.1) is 0 Å². The lowest BCUT2D eigenvalue weighted by molar-refractivity contribution is -0.135. The van der Waals surface area contributed by atoms with Crippen LogP contribution in [0.3, 0.4) is 0 Å². The van der Waals surface area contributed by atoms with Crippen molar-refractivity contribution in [3.63, 3.8) is 0 Å². The van der Waals surface area contributed by atoms with Crippen molar-refractivity contribution in [3.8, 4) is 0 Å². The van der Waals surface area contributed by atoms with Crippen LogP contribution < -0.4 is 0 Å². The van der Waals surface area contributed by atoms with E-state index in [9.17, 15) is 9.90 Å². The molecule has 0 spiro atoms. The smallest absolute Gasteiger partial charge is 0.227 e. The van der Waals surface area contributed by atoms with Gasteiger partial charge in [-0.1, -0.05) is 28.1 Å². The van der Waals surface area contributed by atoms with E-state index in [1.165, 1.54) is 0 Å². The third-order valence-corrected chi connectivity index (χ3v) is 4.13. The molecular formula is C15H20BrNO2. The van der Waals surface area contributed by atoms with Gasteiger partial charge in [0, 0.05) is 11.0 Å². The Kier molecular flexibility index (Phi) is 4.31. The third kappa shape index (κ3) is 3.57. The summed E-state index contributed by atoms with van der Waals surface area (Å²) in [6, 6.07) is 7.74. The summed E-state index contributed by atoms with van der Waals surface area (Å²) in [5, 5.41) is 10.1. The number of amides is 1. The van der Waals surface area contributed by atoms with E-state index in [-0.39, 0.29) is 11.9 Å². The van der Waals surface area contributed by atoms with Gasteiger partial charge >= 0.3 is 0 Å². The van der Waals surface area contributed by atoms with Crippen LogP contribution in [0.2, 0.25) is 0 Å². The Balaban J connectivity index is 2.07. The van der Waals surface area contributed by atoms with Crippen molar-refractivity contribution >= 4 is 21.8 Å². The number of likely N-dealkylation sites (tertiary alicyclic amines) is 1. The van der Waals surface area contributed by atoms with Crippen LogP contribution in [0.15, 0.2) is 28.7 Å². The molecule has 4 heteroatoms. The molecule has 0 bridgehead atoms. The molecule has 1 amide bonds. The molecule has 1 aliphatic rings. The monoisotopic (exact) mass is 325 g/mol. The minimum atomic E-state index is -0.830. The highest BCUT2D eigenvalue weighted by Gasteiger charge is 2.38. The highest BCUT2D eigenvalue weighted by Crippen LogP contribution is 2.27. The van der Waals surface area contributed by atoms with E-state index in [1.54, 1.807) is 13.8 Å². The van der Waals surface area contributed by atoms with Crippen LogP contribution in [0.5, 0.6) is 0 Å². The van der Waals surface area contributed by atoms with Gasteiger partial charge < -0.3 is 10.0 Å². The topological polar surface area (TPSA) is 40.5 Å². The summed E-state index contributed by atoms with van der Waals surface area (Å²) in [7, 11) is 0. The first kappa shape index (κ1) is 14.5. The van der Waals surface area contributed by atoms with E-state index in [2.05, 4.69) is 15.9 Å². The highest BCUT2D eigenvalue weighted by atomic mass is 79.9. The summed E-state index contributed by atoms with van der Waals surface area (Å²) < 4.78 is 0.984. The largest absolute Gasteiger partial charge is 0.388 e. The standard InChI is InChI=1S/C15H20BrNO2/c1-15(2,19)13-7-4-8-17(13)14(18)10-11-5-3-6-12(16)9-11/h3,5-6,9,13,19H,4,7-8,10H2,1-2H3. The zero-order valence-electron chi connectivity index (χ0n) is 11.4. The first-order valence-electron chi connectivity index (χ1n) is 6.64. The van der Waals surface area contributed by atoms with Crippen molar-refractivity contribution in [2.75, 3.05) is 6.54 Å². The zero-order valence-corrected chi connectivity index (χ0v) is 13.0. The molecule has 1 N–H and O–H groups in total. The second kappa shape index (κ2) is 5.63. The van der Waals surface area contributed by atoms with Crippen LogP contribution in [0.1, 0.15) is 32.3 Å². The van der Waals surface area contributed by atoms with E-state index in [4.69, 9.17) is 0 Å². The quantitative estimate of drug-likeness (QED) is 0.928. The molecule has 0 aromatic heterocycles. The van der Waals surface area contributed by atoms with Gasteiger partial charge in [0.1, 0.15) is 0 Å². The number of hydrogen-bond acceptors (Lipinski definition) is 2. The molecule has 1 fully saturated rings. The molecule has 1 saturated heterocycles. The van der Waals surface area contributed by atoms with Crippen molar-refractivity contribution < 1.29 is 9.90 Å². The van der Waals surface area contributed by atoms with E-state index in [0.717, 1.165) is 29.4 Å². The van der Waals surface area contributed by atoms with Crippen LogP contribution in [0.4, 0.5) is 0 Å². The molecule has 0 radical (unpaired) electrons. The second-order valence-electron chi connectivity index (χ2n) is 5.71. The summed E-state index contributed by atoms with van der Waals surface area (Å²) in [6.45, 7) is 4.31. The molecule has 19 heavy (non-hydrogen) atoms. The van der Waals surface area contributed by atoms with Gasteiger partial charge in [-0.05, 0) is 44.4 Å². The number of hydrogen-bond donors (Lipinski definition) is 1. The minimum absolute atomic E-state index is 0.0628. The predicted octanol–water partition coefficient (Wildman–Crippen LogP) is 2.75. The number of halogens is 1. The maximum atomic E-state index is 12.4. The Hall–Kier alpha value is -0.870. The lowest BCUT2D eigenvalue weighted by atomic mass is 9.96. The average Bonchev–Trinajstić information content (AvgIpc) is 2.77. The van der Waals surface area contributed by atoms with Crippen LogP contribution in [0.25, 0.3) is 0 Å². The fraction of sp³-hybridized carbons (Fsp3) is 0.533. The number of rotatable bonds is 3. The number of carbonyl (C=O) groups excluding carboxylic acids is 1. The molecule has 0 saturated carbocycles. The van der Waals surface area contributed by atoms with Crippen LogP contribution in [-0.2, 0) is 11.2 Å². The molecule has 1 aliphatic heterocycles. The van der Waals surface area contributed by atoms with Gasteiger partial charge in [-0.3, -0.25) is 4.79 Å². The van der Waals surface area contributed by atoms with Gasteiger partial charge in [-0.2, -0.15) is 0 Å². The molecule has 1 aromatic rings. The number of nitrogens with zero attached hydrogens (tertiary/aromatic N) is 1. The summed E-state index contributed by atoms with van der Waals surface area (Å²) >= 11 is 3.41. The maximum absolute atomic E-state index is 12.4. The fourth-order valence-electron chi connectivity index (χ4n) is 2.72. The van der Waals surface area contributed by atoms with Gasteiger partial charge in [-0.25, -0.2) is 0 Å². The molecule has 0 aliphatic carbocycles. The van der Waals surface area contributed by atoms with E-state index >= 15 is 0 Å². The van der Waals surface area contributed by atoms with Crippen molar-refractivity contribution in [1.29, 1.82) is 0 Å². The van der Waals surface area contributed by atoms with Crippen molar-refractivity contribution in [1.82, 2.24) is 4.90 Å². The first-order chi connectivity index (χ1) is 8.88. The number of benzene rings is 1. The predicted molar refractivity (Wildman–Crippen MR) is 78.9 cm³/mol. The molecule has 1 aromatic carbocycles. The van der Waals surface area contributed by atoms with Crippen molar-refractivity contribution in [3.05, 3.63) is 34.3 Å². The minimum Gasteiger partial charge on any atom is -0.388 e. The summed E-state index contributed by atoms with van der Waals surface area (Å²) in [5.74, 6) is 0.0997. The van der Waals surface area contributed by atoms with Gasteiger partial charge in [-0.15, -0.1) is 0 Å². The first-order valence-corrected chi connectivity index (χ1v) is 7.43. The fourth-order valence-corrected chi connectivity index (χ4v) is 3.17. The molecule has 1 unspecified atom stereocenters. The summed E-state index contributed by atoms with van der Waals surface area (Å²) in [6.07, 6.45) is 2.25. The van der Waals surface area contributed by atoms with E-state index in [0.29, 0.717) is 6.42 Å². The normalized spacial score (nSPS) is 19.8. The number of aliphatic hydroxyl groups is 1. The van der Waals surface area contributed by atoms with Crippen LogP contribution >= 0.6 is 15.9 Å². The van der Waals surface area contributed by atoms with Crippen molar-refractivity contribution in [2.24, 2.45) is 0 Å². The number of carbonyl (C=O) groups is 1. The summed E-state index contributed by atoms with van der Waals surface area (Å²) in [4.78, 5) is 14.2. The molecule has 104 valence electrons. The Morgan fingerprint density at radius 1 is 1.53 bits per heavy atom. The van der Waals surface area contributed by atoms with Crippen LogP contribution in [-0.4, -0.2) is 34.1 Å². The van der Waals surface area contributed by atoms with Gasteiger partial charge in [0.25, 0.3) is 0 Å². The second-order valence-corrected chi connectivity index (χ2v) is 6.62. The maximum Gasteiger partial charge on any atom is 0.227 e. The van der Waals surface area contributed by atoms with Crippen molar-refractivity contribution in [2.45, 2.75) is 44.8 Å². The third-order valence-electron chi connectivity index (χ3n) is 3.63. The Morgan fingerprint density at radius 3 is 2.89 bits per heavy atom. The van der Waals surface area contributed by atoms with Gasteiger partial charge in [0.05, 0.1) is 18.1 Å². The molecular weight excluding hydrogens is 306 g/mol. The Labute approximate surface area is 122 Å². The molecule has 1 atom stereocenters. The Morgan fingerprint density at radius 2 is 2.26 bits per heavy atom. The summed E-state index contributed by atoms with van der Waals surface area (Å²) in [5.41, 5.74) is 0.171. The lowest BCUT2D eigenvalue weighted by Gasteiger charge is -2.34. The van der Waals surface area contributed by atoms with Gasteiger partial charge in [0.2, 0.25) is 5.91 Å². The average molecular weight is 326 g/mol. The zero-order chi connectivity index (χ0) is 14.0. The Bertz CT molecular complexity index is 467. The SMILES string of the molecule is CC(C)(O)C1CCCN1C(=O)Cc1cccc(Br)c1. The van der Waals surface area contributed by atoms with E-state index in [1.807, 2.05) is 29.2 Å².